The third kappa shape index (κ3) is 3.66. The zero-order valence-electron chi connectivity index (χ0n) is 17.4. The Bertz CT molecular complexity index is 1120. The predicted molar refractivity (Wildman–Crippen MR) is 120 cm³/mol. The molecule has 1 saturated heterocycles. The molecule has 0 aliphatic carbocycles. The molecule has 1 amide bonds. The van der Waals surface area contributed by atoms with E-state index < -0.39 is 11.4 Å². The molecule has 6 heteroatoms. The van der Waals surface area contributed by atoms with Crippen LogP contribution >= 0.6 is 0 Å². The van der Waals surface area contributed by atoms with Crippen LogP contribution in [0.5, 0.6) is 11.5 Å². The second kappa shape index (κ2) is 7.94. The lowest BCUT2D eigenvalue weighted by molar-refractivity contribution is -0.118. The van der Waals surface area contributed by atoms with Gasteiger partial charge >= 0.3 is 0 Å². The first-order chi connectivity index (χ1) is 15.0. The molecule has 0 aromatic heterocycles. The van der Waals surface area contributed by atoms with E-state index >= 15 is 0 Å². The summed E-state index contributed by atoms with van der Waals surface area (Å²) in [5.41, 5.74) is 6.64. The van der Waals surface area contributed by atoms with Crippen molar-refractivity contribution in [3.8, 4) is 22.6 Å². The highest BCUT2D eigenvalue weighted by molar-refractivity contribution is 7.90. The third-order valence-corrected chi connectivity index (χ3v) is 7.28. The number of nitrogens with one attached hydrogen (secondary N) is 1. The Labute approximate surface area is 184 Å². The maximum absolute atomic E-state index is 12.0. The van der Waals surface area contributed by atoms with Crippen LogP contribution in [0, 0.1) is 13.8 Å². The minimum Gasteiger partial charge on any atom is -0.593 e. The molecular weight excluding hydrogens is 410 g/mol. The van der Waals surface area contributed by atoms with Crippen molar-refractivity contribution >= 4 is 17.3 Å². The molecule has 5 rings (SSSR count). The normalized spacial score (nSPS) is 22.0. The van der Waals surface area contributed by atoms with Gasteiger partial charge in [0.25, 0.3) is 5.91 Å². The summed E-state index contributed by atoms with van der Waals surface area (Å²) in [5, 5.41) is -0.308. The number of ether oxygens (including phenoxy) is 2. The van der Waals surface area contributed by atoms with Crippen LogP contribution in [0.3, 0.4) is 0 Å². The fraction of sp³-hybridized carbons (Fsp3) is 0.240. The Morgan fingerprint density at radius 1 is 1.03 bits per heavy atom. The zero-order chi connectivity index (χ0) is 21.5. The number of hydrogen-bond donors (Lipinski definition) is 1. The molecular formula is C25H23NO4S. The fourth-order valence-electron chi connectivity index (χ4n) is 4.39. The standard InChI is InChI=1S/C25H23NO4S/c1-15-5-3-6-16(2)24(15)20-8-4-7-19-21(14-29-25(19)20)30-18-11-9-17(10-12-18)22-13-23(27)26-31(22)28/h3-12,21-22H,13-14H2,1-2H3,(H,26,27)/t21-,22?,31?/m1/s1. The summed E-state index contributed by atoms with van der Waals surface area (Å²) < 4.78 is 26.8. The highest BCUT2D eigenvalue weighted by Crippen LogP contribution is 2.44. The molecule has 31 heavy (non-hydrogen) atoms. The van der Waals surface area contributed by atoms with Gasteiger partial charge < -0.3 is 14.0 Å². The lowest BCUT2D eigenvalue weighted by Gasteiger charge is -2.15. The Hall–Kier alpha value is -2.96. The van der Waals surface area contributed by atoms with Gasteiger partial charge in [-0.3, -0.25) is 4.79 Å². The van der Waals surface area contributed by atoms with E-state index in [1.54, 1.807) is 0 Å². The van der Waals surface area contributed by atoms with Crippen molar-refractivity contribution in [2.45, 2.75) is 31.6 Å². The van der Waals surface area contributed by atoms with Crippen LogP contribution in [0.15, 0.2) is 60.7 Å². The smallest absolute Gasteiger partial charge is 0.266 e. The lowest BCUT2D eigenvalue weighted by Crippen LogP contribution is -2.21. The third-order valence-electron chi connectivity index (χ3n) is 5.90. The molecule has 1 N–H and O–H groups in total. The lowest BCUT2D eigenvalue weighted by atomic mass is 9.93. The van der Waals surface area contributed by atoms with Crippen LogP contribution in [0.1, 0.15) is 40.0 Å². The van der Waals surface area contributed by atoms with Gasteiger partial charge in [-0.15, -0.1) is 0 Å². The first-order valence-corrected chi connectivity index (χ1v) is 11.5. The van der Waals surface area contributed by atoms with E-state index in [0.29, 0.717) is 12.4 Å². The van der Waals surface area contributed by atoms with Crippen molar-refractivity contribution < 1.29 is 18.8 Å². The molecule has 0 spiro atoms. The first kappa shape index (κ1) is 20.0. The van der Waals surface area contributed by atoms with Gasteiger partial charge in [-0.05, 0) is 42.7 Å². The minimum absolute atomic E-state index is 0.178. The molecule has 0 saturated carbocycles. The highest BCUT2D eigenvalue weighted by atomic mass is 32.2. The number of para-hydroxylation sites is 1. The van der Waals surface area contributed by atoms with Gasteiger partial charge in [-0.1, -0.05) is 48.5 Å². The molecule has 2 heterocycles. The van der Waals surface area contributed by atoms with Crippen molar-refractivity contribution in [1.29, 1.82) is 0 Å². The molecule has 3 aromatic carbocycles. The Kier molecular flexibility index (Phi) is 5.12. The van der Waals surface area contributed by atoms with Gasteiger partial charge in [-0.25, -0.2) is 0 Å². The van der Waals surface area contributed by atoms with Gasteiger partial charge in [-0.2, -0.15) is 4.72 Å². The van der Waals surface area contributed by atoms with Crippen LogP contribution in [0.25, 0.3) is 11.1 Å². The summed E-state index contributed by atoms with van der Waals surface area (Å²) in [7, 11) is 0. The molecule has 0 radical (unpaired) electrons. The van der Waals surface area contributed by atoms with Crippen molar-refractivity contribution in [2.75, 3.05) is 6.61 Å². The average molecular weight is 434 g/mol. The molecule has 1 fully saturated rings. The number of hydrogen-bond acceptors (Lipinski definition) is 4. The summed E-state index contributed by atoms with van der Waals surface area (Å²) in [5.74, 6) is 1.42. The van der Waals surface area contributed by atoms with E-state index in [1.165, 1.54) is 16.7 Å². The SMILES string of the molecule is Cc1cccc(C)c1-c1cccc2c1OC[C@H]2Oc1ccc(C2CC(=O)N[S+]2[O-])cc1. The van der Waals surface area contributed by atoms with Crippen LogP contribution in [-0.2, 0) is 16.2 Å². The summed E-state index contributed by atoms with van der Waals surface area (Å²) in [6, 6.07) is 20.0. The quantitative estimate of drug-likeness (QED) is 0.605. The number of benzene rings is 3. The Balaban J connectivity index is 1.39. The average Bonchev–Trinajstić information content (AvgIpc) is 3.31. The maximum Gasteiger partial charge on any atom is 0.266 e. The zero-order valence-corrected chi connectivity index (χ0v) is 18.2. The monoisotopic (exact) mass is 433 g/mol. The second-order valence-electron chi connectivity index (χ2n) is 7.99. The van der Waals surface area contributed by atoms with E-state index in [2.05, 4.69) is 48.9 Å². The summed E-state index contributed by atoms with van der Waals surface area (Å²) >= 11 is -1.37. The molecule has 2 unspecified atom stereocenters. The van der Waals surface area contributed by atoms with Gasteiger partial charge in [0.1, 0.15) is 18.1 Å². The van der Waals surface area contributed by atoms with Crippen LogP contribution < -0.4 is 14.2 Å². The Morgan fingerprint density at radius 3 is 2.42 bits per heavy atom. The number of carbonyl (C=O) groups excluding carboxylic acids is 1. The van der Waals surface area contributed by atoms with E-state index in [-0.39, 0.29) is 23.7 Å². The van der Waals surface area contributed by atoms with Gasteiger partial charge in [0.2, 0.25) is 0 Å². The van der Waals surface area contributed by atoms with Gasteiger partial charge in [0.15, 0.2) is 11.4 Å². The summed E-state index contributed by atoms with van der Waals surface area (Å²) in [6.07, 6.45) is 0.0478. The van der Waals surface area contributed by atoms with E-state index in [0.717, 1.165) is 22.4 Å². The molecule has 3 aromatic rings. The van der Waals surface area contributed by atoms with Crippen molar-refractivity contribution in [3.63, 3.8) is 0 Å². The second-order valence-corrected chi connectivity index (χ2v) is 9.36. The van der Waals surface area contributed by atoms with Crippen molar-refractivity contribution in [2.24, 2.45) is 0 Å². The topological polar surface area (TPSA) is 70.6 Å². The van der Waals surface area contributed by atoms with Crippen LogP contribution in [0.4, 0.5) is 0 Å². The number of amides is 1. The first-order valence-electron chi connectivity index (χ1n) is 10.3. The number of fused-ring (bicyclic) bond motifs is 1. The van der Waals surface area contributed by atoms with Crippen LogP contribution in [-0.4, -0.2) is 17.1 Å². The number of aryl methyl sites for hydroxylation is 2. The molecule has 5 nitrogen and oxygen atoms in total. The molecule has 3 atom stereocenters. The van der Waals surface area contributed by atoms with Gasteiger partial charge in [0, 0.05) is 16.7 Å². The molecule has 2 aliphatic rings. The van der Waals surface area contributed by atoms with Crippen molar-refractivity contribution in [3.05, 3.63) is 82.9 Å². The van der Waals surface area contributed by atoms with E-state index in [4.69, 9.17) is 9.47 Å². The highest BCUT2D eigenvalue weighted by Gasteiger charge is 2.37. The molecule has 158 valence electrons. The molecule has 2 aliphatic heterocycles. The Morgan fingerprint density at radius 2 is 1.74 bits per heavy atom. The number of rotatable bonds is 4. The van der Waals surface area contributed by atoms with E-state index in [1.807, 2.05) is 30.3 Å². The minimum atomic E-state index is -1.37. The number of carbonyl (C=O) groups is 1. The fourth-order valence-corrected chi connectivity index (χ4v) is 5.54. The predicted octanol–water partition coefficient (Wildman–Crippen LogP) is 4.71. The largest absolute Gasteiger partial charge is 0.593 e. The summed E-state index contributed by atoms with van der Waals surface area (Å²) in [6.45, 7) is 4.68. The maximum atomic E-state index is 12.0. The van der Waals surface area contributed by atoms with Gasteiger partial charge in [0.05, 0.1) is 17.8 Å². The summed E-state index contributed by atoms with van der Waals surface area (Å²) in [4.78, 5) is 11.5. The van der Waals surface area contributed by atoms with Crippen molar-refractivity contribution in [1.82, 2.24) is 4.72 Å². The van der Waals surface area contributed by atoms with E-state index in [9.17, 15) is 9.35 Å². The molecule has 0 bridgehead atoms. The van der Waals surface area contributed by atoms with Crippen LogP contribution in [0.2, 0.25) is 0 Å².